The van der Waals surface area contributed by atoms with Crippen LogP contribution in [-0.4, -0.2) is 56.9 Å². The highest BCUT2D eigenvalue weighted by Gasteiger charge is 2.71. The predicted molar refractivity (Wildman–Crippen MR) is 126 cm³/mol. The van der Waals surface area contributed by atoms with Crippen LogP contribution >= 0.6 is 0 Å². The second kappa shape index (κ2) is 9.63. The highest BCUT2D eigenvalue weighted by molar-refractivity contribution is 7.81. The molecule has 3 atom stereocenters. The number of anilines is 2. The summed E-state index contributed by atoms with van der Waals surface area (Å²) in [4.78, 5) is 14.3. The number of halogens is 3. The predicted octanol–water partition coefficient (Wildman–Crippen LogP) is 4.89. The van der Waals surface area contributed by atoms with Gasteiger partial charge in [-0.15, -0.1) is 0 Å². The minimum absolute atomic E-state index is 0.0505. The number of carboxylic acids is 1. The van der Waals surface area contributed by atoms with E-state index >= 15 is 0 Å². The maximum atomic E-state index is 14.1. The summed E-state index contributed by atoms with van der Waals surface area (Å²) in [5.41, 5.74) is -0.383. The van der Waals surface area contributed by atoms with Gasteiger partial charge >= 0.3 is 5.97 Å². The van der Waals surface area contributed by atoms with E-state index in [-0.39, 0.29) is 34.9 Å². The van der Waals surface area contributed by atoms with Gasteiger partial charge < -0.3 is 14.7 Å². The number of likely N-dealkylation sites (N-methyl/N-ethyl adjacent to an activating group) is 1. The number of benzene rings is 2. The van der Waals surface area contributed by atoms with E-state index in [1.54, 1.807) is 12.2 Å². The van der Waals surface area contributed by atoms with E-state index in [1.165, 1.54) is 24.3 Å². The van der Waals surface area contributed by atoms with Gasteiger partial charge in [0, 0.05) is 17.7 Å². The summed E-state index contributed by atoms with van der Waals surface area (Å²) in [6.07, 6.45) is 3.36. The van der Waals surface area contributed by atoms with Gasteiger partial charge in [0.15, 0.2) is 0 Å². The number of aromatic carboxylic acids is 1. The van der Waals surface area contributed by atoms with E-state index in [0.717, 1.165) is 23.5 Å². The lowest BCUT2D eigenvalue weighted by atomic mass is 9.99. The molecular formula is C24H25F3N2O5S. The topological polar surface area (TPSA) is 90.3 Å². The number of hydrogen-bond donors (Lipinski definition) is 2. The molecule has 7 nitrogen and oxygen atoms in total. The zero-order valence-corrected chi connectivity index (χ0v) is 19.9. The van der Waals surface area contributed by atoms with Crippen molar-refractivity contribution in [2.24, 2.45) is 5.92 Å². The molecule has 1 fully saturated rings. The average Bonchev–Trinajstić information content (AvgIpc) is 3.38. The number of rotatable bonds is 9. The van der Waals surface area contributed by atoms with Gasteiger partial charge in [-0.3, -0.25) is 4.55 Å². The van der Waals surface area contributed by atoms with E-state index in [9.17, 15) is 31.8 Å². The van der Waals surface area contributed by atoms with Crippen LogP contribution in [0.25, 0.3) is 6.08 Å². The van der Waals surface area contributed by atoms with Crippen molar-refractivity contribution in [3.8, 4) is 5.75 Å². The zero-order valence-electron chi connectivity index (χ0n) is 19.1. The lowest BCUT2D eigenvalue weighted by Crippen LogP contribution is -2.24. The number of carboxylic acid groups (broad SMARTS) is 1. The summed E-state index contributed by atoms with van der Waals surface area (Å²) >= 11 is -2.78. The van der Waals surface area contributed by atoms with Crippen molar-refractivity contribution in [1.29, 1.82) is 0 Å². The van der Waals surface area contributed by atoms with Gasteiger partial charge in [-0.25, -0.2) is 26.5 Å². The van der Waals surface area contributed by atoms with Crippen LogP contribution < -0.4 is 9.04 Å². The van der Waals surface area contributed by atoms with Gasteiger partial charge in [0.05, 0.1) is 29.8 Å². The van der Waals surface area contributed by atoms with Gasteiger partial charge in [0.1, 0.15) is 17.1 Å². The molecule has 2 aliphatic rings. The second-order valence-electron chi connectivity index (χ2n) is 8.37. The molecule has 0 amide bonds. The Morgan fingerprint density at radius 1 is 1.23 bits per heavy atom. The van der Waals surface area contributed by atoms with Gasteiger partial charge in [-0.05, 0) is 37.4 Å². The van der Waals surface area contributed by atoms with Crippen LogP contribution in [0.15, 0.2) is 36.4 Å². The maximum absolute atomic E-state index is 14.1. The fraction of sp³-hybridized carbons (Fsp3) is 0.375. The molecule has 4 rings (SSSR count). The maximum Gasteiger partial charge on any atom is 0.341 e. The van der Waals surface area contributed by atoms with Crippen molar-refractivity contribution in [3.63, 3.8) is 0 Å². The number of alkyl halides is 2. The third-order valence-corrected chi connectivity index (χ3v) is 7.17. The fourth-order valence-corrected chi connectivity index (χ4v) is 5.17. The lowest BCUT2D eigenvalue weighted by molar-refractivity contribution is 0.0691. The molecule has 0 spiro atoms. The molecule has 35 heavy (non-hydrogen) atoms. The molecule has 1 aliphatic carbocycles. The largest absolute Gasteiger partial charge is 0.492 e. The molecule has 11 heteroatoms. The normalized spacial score (nSPS) is 20.8. The zero-order chi connectivity index (χ0) is 25.5. The first kappa shape index (κ1) is 25.2. The molecule has 188 valence electrons. The van der Waals surface area contributed by atoms with Crippen LogP contribution in [0.1, 0.15) is 41.3 Å². The van der Waals surface area contributed by atoms with Crippen LogP contribution in [0, 0.1) is 11.7 Å². The number of fused-ring (bicyclic) bond motifs is 3. The Hall–Kier alpha value is -2.89. The summed E-state index contributed by atoms with van der Waals surface area (Å²) in [6, 6.07) is 6.02. The minimum atomic E-state index is -3.00. The van der Waals surface area contributed by atoms with Crippen molar-refractivity contribution in [3.05, 3.63) is 58.9 Å². The Morgan fingerprint density at radius 3 is 2.54 bits per heavy atom. The molecule has 1 saturated carbocycles. The van der Waals surface area contributed by atoms with Gasteiger partial charge in [-0.2, -0.15) is 0 Å². The molecule has 0 radical (unpaired) electrons. The molecule has 2 N–H and O–H groups in total. The molecule has 0 saturated heterocycles. The molecule has 2 aromatic carbocycles. The average molecular weight is 511 g/mol. The first-order chi connectivity index (χ1) is 16.6. The summed E-state index contributed by atoms with van der Waals surface area (Å²) < 4.78 is 71.2. The number of ether oxygens (including phenoxy) is 1. The van der Waals surface area contributed by atoms with E-state index < -0.39 is 46.4 Å². The second-order valence-corrected chi connectivity index (χ2v) is 9.20. The first-order valence-electron chi connectivity index (χ1n) is 11.1. The van der Waals surface area contributed by atoms with Crippen molar-refractivity contribution in [2.45, 2.75) is 25.7 Å². The minimum Gasteiger partial charge on any atom is -0.492 e. The summed E-state index contributed by atoms with van der Waals surface area (Å²) in [5, 5.41) is 9.95. The van der Waals surface area contributed by atoms with Crippen molar-refractivity contribution in [2.75, 3.05) is 30.5 Å². The number of nitrogens with zero attached hydrogens (tertiary/aromatic N) is 2. The SMILES string of the molecule is CCN(CC)CC=Cc1cc(F)ccc1N(c1ccc2c(c1C(=O)O)OC[C@@H]1[C@H]2C1(F)F)S(=O)O. The fourth-order valence-electron chi connectivity index (χ4n) is 4.51. The van der Waals surface area contributed by atoms with Gasteiger partial charge in [0.25, 0.3) is 17.2 Å². The monoisotopic (exact) mass is 510 g/mol. The lowest BCUT2D eigenvalue weighted by Gasteiger charge is -2.26. The Labute approximate surface area is 203 Å². The van der Waals surface area contributed by atoms with Crippen LogP contribution in [0.2, 0.25) is 0 Å². The van der Waals surface area contributed by atoms with Crippen LogP contribution in [0.4, 0.5) is 24.5 Å². The Bertz CT molecular complexity index is 1200. The quantitative estimate of drug-likeness (QED) is 0.467. The van der Waals surface area contributed by atoms with Crippen LogP contribution in [0.3, 0.4) is 0 Å². The third-order valence-electron chi connectivity index (χ3n) is 6.46. The standard InChI is InChI=1S/C24H25F3N2O5S/c1-3-28(4-2)11-5-6-14-12-15(25)7-9-18(14)29(35(32)33)19-10-8-16-21-17(24(21,26)27)13-34-22(16)20(19)23(30)31/h5-10,12,17,21H,3-4,11,13H2,1-2H3,(H,30,31)(H,32,33)/t17-,21+/m1/s1. The molecule has 1 heterocycles. The van der Waals surface area contributed by atoms with Crippen LogP contribution in [0.5, 0.6) is 5.75 Å². The van der Waals surface area contributed by atoms with E-state index in [4.69, 9.17) is 4.74 Å². The number of carbonyl (C=O) groups is 1. The summed E-state index contributed by atoms with van der Waals surface area (Å²) in [5.74, 6) is -7.52. The highest BCUT2D eigenvalue weighted by atomic mass is 32.2. The Morgan fingerprint density at radius 2 is 1.91 bits per heavy atom. The Balaban J connectivity index is 1.82. The van der Waals surface area contributed by atoms with Gasteiger partial charge in [-0.1, -0.05) is 32.1 Å². The third kappa shape index (κ3) is 4.55. The molecular weight excluding hydrogens is 485 g/mol. The molecule has 0 aromatic heterocycles. The Kier molecular flexibility index (Phi) is 6.94. The van der Waals surface area contributed by atoms with Crippen molar-refractivity contribution >= 4 is 34.7 Å². The molecule has 2 aromatic rings. The van der Waals surface area contributed by atoms with Crippen molar-refractivity contribution in [1.82, 2.24) is 4.90 Å². The number of hydrogen-bond acceptors (Lipinski definition) is 4. The van der Waals surface area contributed by atoms with E-state index in [0.29, 0.717) is 6.54 Å². The van der Waals surface area contributed by atoms with E-state index in [1.807, 2.05) is 13.8 Å². The van der Waals surface area contributed by atoms with Crippen molar-refractivity contribution < 1.29 is 36.6 Å². The highest BCUT2D eigenvalue weighted by Crippen LogP contribution is 2.66. The molecule has 0 bridgehead atoms. The molecule has 1 unspecified atom stereocenters. The first-order valence-corrected chi connectivity index (χ1v) is 12.2. The summed E-state index contributed by atoms with van der Waals surface area (Å²) in [7, 11) is 0. The smallest absolute Gasteiger partial charge is 0.341 e. The van der Waals surface area contributed by atoms with E-state index in [2.05, 4.69) is 4.90 Å². The van der Waals surface area contributed by atoms with Gasteiger partial charge in [0.2, 0.25) is 0 Å². The summed E-state index contributed by atoms with van der Waals surface area (Å²) in [6.45, 7) is 5.77. The van der Waals surface area contributed by atoms with Crippen LogP contribution in [-0.2, 0) is 11.3 Å². The molecule has 1 aliphatic heterocycles.